The van der Waals surface area contributed by atoms with Crippen molar-refractivity contribution in [3.05, 3.63) is 65.7 Å². The van der Waals surface area contributed by atoms with E-state index < -0.39 is 17.7 Å². The number of nitrogens with one attached hydrogen (secondary N) is 1. The van der Waals surface area contributed by atoms with Gasteiger partial charge in [-0.05, 0) is 43.9 Å². The van der Waals surface area contributed by atoms with Gasteiger partial charge in [0.15, 0.2) is 11.6 Å². The molecule has 0 bridgehead atoms. The number of urea groups is 1. The van der Waals surface area contributed by atoms with Crippen LogP contribution in [0.2, 0.25) is 0 Å². The highest BCUT2D eigenvalue weighted by molar-refractivity contribution is 5.89. The van der Waals surface area contributed by atoms with Gasteiger partial charge >= 0.3 is 6.03 Å². The minimum Gasteiger partial charge on any atom is -0.317 e. The summed E-state index contributed by atoms with van der Waals surface area (Å²) >= 11 is 0. The molecule has 0 aromatic heterocycles. The molecule has 6 heteroatoms. The number of rotatable bonds is 7. The quantitative estimate of drug-likeness (QED) is 0.634. The second-order valence-corrected chi connectivity index (χ2v) is 8.05. The predicted octanol–water partition coefficient (Wildman–Crippen LogP) is 5.65. The Hall–Kier alpha value is -2.47. The second-order valence-electron chi connectivity index (χ2n) is 8.05. The Morgan fingerprint density at radius 1 is 1.13 bits per heavy atom. The first-order chi connectivity index (χ1) is 14.5. The summed E-state index contributed by atoms with van der Waals surface area (Å²) in [6, 6.07) is 13.8. The maximum atomic E-state index is 14.1. The van der Waals surface area contributed by atoms with Crippen molar-refractivity contribution >= 4 is 11.7 Å². The Morgan fingerprint density at radius 2 is 1.83 bits per heavy atom. The zero-order valence-electron chi connectivity index (χ0n) is 17.8. The molecule has 30 heavy (non-hydrogen) atoms. The van der Waals surface area contributed by atoms with Crippen LogP contribution < -0.4 is 5.32 Å². The van der Waals surface area contributed by atoms with Gasteiger partial charge in [0.25, 0.3) is 0 Å². The average Bonchev–Trinajstić information content (AvgIpc) is 2.76. The fraction of sp³-hybridized carbons (Fsp3) is 0.458. The molecule has 1 N–H and O–H groups in total. The van der Waals surface area contributed by atoms with Crippen LogP contribution in [0.1, 0.15) is 45.1 Å². The summed E-state index contributed by atoms with van der Waals surface area (Å²) in [6.45, 7) is 6.74. The fourth-order valence-electron chi connectivity index (χ4n) is 4.17. The van der Waals surface area contributed by atoms with Gasteiger partial charge in [-0.1, -0.05) is 49.7 Å². The predicted molar refractivity (Wildman–Crippen MR) is 116 cm³/mol. The number of anilines is 1. The number of benzene rings is 2. The summed E-state index contributed by atoms with van der Waals surface area (Å²) in [6.07, 6.45) is 4.04. The largest absolute Gasteiger partial charge is 0.322 e. The molecule has 0 radical (unpaired) electrons. The smallest absolute Gasteiger partial charge is 0.317 e. The monoisotopic (exact) mass is 415 g/mol. The molecule has 4 nitrogen and oxygen atoms in total. The third-order valence-corrected chi connectivity index (χ3v) is 5.92. The molecule has 162 valence electrons. The number of likely N-dealkylation sites (tertiary alicyclic amines) is 1. The summed E-state index contributed by atoms with van der Waals surface area (Å²) in [4.78, 5) is 17.4. The van der Waals surface area contributed by atoms with E-state index in [2.05, 4.69) is 24.1 Å². The van der Waals surface area contributed by atoms with Gasteiger partial charge in [-0.2, -0.15) is 0 Å². The molecule has 0 saturated carbocycles. The lowest BCUT2D eigenvalue weighted by atomic mass is 10.00. The first-order valence-electron chi connectivity index (χ1n) is 10.8. The van der Waals surface area contributed by atoms with E-state index in [1.165, 1.54) is 12.1 Å². The number of halogens is 2. The first-order valence-corrected chi connectivity index (χ1v) is 10.8. The molecule has 2 aromatic carbocycles. The lowest BCUT2D eigenvalue weighted by Gasteiger charge is -2.40. The molecule has 0 spiro atoms. The van der Waals surface area contributed by atoms with Crippen LogP contribution in [-0.4, -0.2) is 41.0 Å². The number of hydrogen-bond donors (Lipinski definition) is 1. The standard InChI is InChI=1S/C24H31F2N3O/c1-3-8-18(2)28-15-13-20(14-16-28)29(17-19-9-5-4-6-10-19)24(30)27-22-12-7-11-21(25)23(22)26/h4-7,9-12,18,20H,3,8,13-17H2,1-2H3,(H,27,30). The van der Waals surface area contributed by atoms with E-state index in [-0.39, 0.29) is 11.7 Å². The van der Waals surface area contributed by atoms with Crippen LogP contribution >= 0.6 is 0 Å². The molecule has 2 aromatic rings. The van der Waals surface area contributed by atoms with Crippen molar-refractivity contribution in [1.82, 2.24) is 9.80 Å². The highest BCUT2D eigenvalue weighted by Crippen LogP contribution is 2.24. The summed E-state index contributed by atoms with van der Waals surface area (Å²) in [7, 11) is 0. The van der Waals surface area contributed by atoms with Gasteiger partial charge in [-0.3, -0.25) is 0 Å². The van der Waals surface area contributed by atoms with Crippen LogP contribution in [-0.2, 0) is 6.54 Å². The zero-order chi connectivity index (χ0) is 21.5. The highest BCUT2D eigenvalue weighted by atomic mass is 19.2. The fourth-order valence-corrected chi connectivity index (χ4v) is 4.17. The number of hydrogen-bond acceptors (Lipinski definition) is 2. The zero-order valence-corrected chi connectivity index (χ0v) is 17.8. The first kappa shape index (κ1) is 22.2. The average molecular weight is 416 g/mol. The van der Waals surface area contributed by atoms with E-state index in [9.17, 15) is 13.6 Å². The third-order valence-electron chi connectivity index (χ3n) is 5.92. The van der Waals surface area contributed by atoms with Crippen molar-refractivity contribution in [2.75, 3.05) is 18.4 Å². The molecular weight excluding hydrogens is 384 g/mol. The topological polar surface area (TPSA) is 35.6 Å². The lowest BCUT2D eigenvalue weighted by molar-refractivity contribution is 0.0989. The van der Waals surface area contributed by atoms with Crippen LogP contribution in [0.4, 0.5) is 19.3 Å². The molecule has 1 unspecified atom stereocenters. The molecule has 1 aliphatic rings. The molecule has 3 rings (SSSR count). The maximum absolute atomic E-state index is 14.1. The minimum absolute atomic E-state index is 0.0481. The molecular formula is C24H31F2N3O. The van der Waals surface area contributed by atoms with E-state index in [0.717, 1.165) is 50.4 Å². The van der Waals surface area contributed by atoms with Crippen LogP contribution in [0, 0.1) is 11.6 Å². The molecule has 1 atom stereocenters. The Balaban J connectivity index is 1.74. The van der Waals surface area contributed by atoms with Crippen LogP contribution in [0.3, 0.4) is 0 Å². The number of carbonyl (C=O) groups is 1. The normalized spacial score (nSPS) is 16.3. The Labute approximate surface area is 177 Å². The van der Waals surface area contributed by atoms with Gasteiger partial charge in [0.2, 0.25) is 0 Å². The number of piperidine rings is 1. The van der Waals surface area contributed by atoms with Gasteiger partial charge in [-0.25, -0.2) is 13.6 Å². The van der Waals surface area contributed by atoms with Gasteiger partial charge in [-0.15, -0.1) is 0 Å². The summed E-state index contributed by atoms with van der Waals surface area (Å²) in [5.74, 6) is -2.01. The van der Waals surface area contributed by atoms with E-state index in [0.29, 0.717) is 12.6 Å². The van der Waals surface area contributed by atoms with Crippen molar-refractivity contribution in [2.24, 2.45) is 0 Å². The Morgan fingerprint density at radius 3 is 2.50 bits per heavy atom. The highest BCUT2D eigenvalue weighted by Gasteiger charge is 2.30. The van der Waals surface area contributed by atoms with Gasteiger partial charge in [0.05, 0.1) is 5.69 Å². The molecule has 1 fully saturated rings. The van der Waals surface area contributed by atoms with Gasteiger partial charge in [0, 0.05) is 31.7 Å². The van der Waals surface area contributed by atoms with Crippen LogP contribution in [0.5, 0.6) is 0 Å². The number of carbonyl (C=O) groups excluding carboxylic acids is 1. The van der Waals surface area contributed by atoms with E-state index in [1.54, 1.807) is 4.90 Å². The van der Waals surface area contributed by atoms with E-state index in [4.69, 9.17) is 0 Å². The minimum atomic E-state index is -1.03. The van der Waals surface area contributed by atoms with E-state index in [1.807, 2.05) is 30.3 Å². The molecule has 1 aliphatic heterocycles. The second kappa shape index (κ2) is 10.5. The van der Waals surface area contributed by atoms with Crippen molar-refractivity contribution in [3.63, 3.8) is 0 Å². The summed E-state index contributed by atoms with van der Waals surface area (Å²) < 4.78 is 27.7. The van der Waals surface area contributed by atoms with E-state index >= 15 is 0 Å². The Bertz CT molecular complexity index is 822. The van der Waals surface area contributed by atoms with Crippen molar-refractivity contribution in [2.45, 2.75) is 58.2 Å². The van der Waals surface area contributed by atoms with Crippen molar-refractivity contribution in [3.8, 4) is 0 Å². The SMILES string of the molecule is CCCC(C)N1CCC(N(Cc2ccccc2)C(=O)Nc2cccc(F)c2F)CC1. The third kappa shape index (κ3) is 5.57. The van der Waals surface area contributed by atoms with Crippen LogP contribution in [0.25, 0.3) is 0 Å². The number of nitrogens with zero attached hydrogens (tertiary/aromatic N) is 2. The molecule has 1 heterocycles. The maximum Gasteiger partial charge on any atom is 0.322 e. The summed E-state index contributed by atoms with van der Waals surface area (Å²) in [5.41, 5.74) is 0.876. The molecule has 2 amide bonds. The van der Waals surface area contributed by atoms with Crippen molar-refractivity contribution in [1.29, 1.82) is 0 Å². The Kier molecular flexibility index (Phi) is 7.80. The van der Waals surface area contributed by atoms with Gasteiger partial charge < -0.3 is 15.1 Å². The van der Waals surface area contributed by atoms with Crippen LogP contribution in [0.15, 0.2) is 48.5 Å². The molecule has 1 saturated heterocycles. The lowest BCUT2D eigenvalue weighted by Crippen LogP contribution is -2.50. The van der Waals surface area contributed by atoms with Crippen molar-refractivity contribution < 1.29 is 13.6 Å². The number of amides is 2. The molecule has 0 aliphatic carbocycles. The summed E-state index contributed by atoms with van der Waals surface area (Å²) in [5, 5.41) is 2.58. The van der Waals surface area contributed by atoms with Gasteiger partial charge in [0.1, 0.15) is 0 Å².